The molecule has 0 aliphatic heterocycles. The van der Waals surface area contributed by atoms with Crippen LogP contribution in [0.25, 0.3) is 16.8 Å². The van der Waals surface area contributed by atoms with E-state index < -0.39 is 0 Å². The molecule has 1 aliphatic carbocycles. The van der Waals surface area contributed by atoms with Crippen molar-refractivity contribution in [1.29, 1.82) is 0 Å². The van der Waals surface area contributed by atoms with Crippen LogP contribution in [-0.2, 0) is 6.42 Å². The molecule has 1 atom stereocenters. The van der Waals surface area contributed by atoms with Gasteiger partial charge in [-0.2, -0.15) is 0 Å². The number of hydrogen-bond donors (Lipinski definition) is 0. The van der Waals surface area contributed by atoms with Gasteiger partial charge in [0.1, 0.15) is 0 Å². The van der Waals surface area contributed by atoms with Gasteiger partial charge in [-0.15, -0.1) is 0 Å². The molecule has 0 fully saturated rings. The maximum atomic E-state index is 4.54. The smallest absolute Gasteiger partial charge is 0.0702 e. The number of benzene rings is 2. The molecule has 0 saturated heterocycles. The van der Waals surface area contributed by atoms with Crippen LogP contribution in [0.3, 0.4) is 0 Å². The normalized spacial score (nSPS) is 14.4. The first-order valence-corrected chi connectivity index (χ1v) is 10.3. The van der Waals surface area contributed by atoms with Crippen molar-refractivity contribution in [2.75, 3.05) is 0 Å². The summed E-state index contributed by atoms with van der Waals surface area (Å²) in [5.74, 6) is 0.389. The molecule has 4 rings (SSSR count). The molecule has 0 amide bonds. The maximum absolute atomic E-state index is 4.54. The third kappa shape index (κ3) is 4.14. The zero-order valence-electron chi connectivity index (χ0n) is 17.4. The minimum Gasteiger partial charge on any atom is -0.256 e. The second-order valence-corrected chi connectivity index (χ2v) is 7.74. The fourth-order valence-electron chi connectivity index (χ4n) is 3.97. The number of rotatable bonds is 5. The van der Waals surface area contributed by atoms with Crippen molar-refractivity contribution in [3.05, 3.63) is 119 Å². The number of hydrogen-bond acceptors (Lipinski definition) is 1. The predicted octanol–water partition coefficient (Wildman–Crippen LogP) is 7.28. The van der Waals surface area contributed by atoms with Crippen molar-refractivity contribution in [2.45, 2.75) is 33.1 Å². The van der Waals surface area contributed by atoms with Crippen molar-refractivity contribution >= 4 is 5.57 Å². The lowest BCUT2D eigenvalue weighted by atomic mass is 9.91. The van der Waals surface area contributed by atoms with Gasteiger partial charge in [0.05, 0.1) is 5.69 Å². The third-order valence-electron chi connectivity index (χ3n) is 5.53. The summed E-state index contributed by atoms with van der Waals surface area (Å²) >= 11 is 0. The van der Waals surface area contributed by atoms with Gasteiger partial charge in [-0.25, -0.2) is 0 Å². The predicted molar refractivity (Wildman–Crippen MR) is 124 cm³/mol. The lowest BCUT2D eigenvalue weighted by molar-refractivity contribution is 0.964. The van der Waals surface area contributed by atoms with Crippen molar-refractivity contribution in [3.63, 3.8) is 0 Å². The Bertz CT molecular complexity index is 1100. The van der Waals surface area contributed by atoms with Crippen LogP contribution in [0.15, 0.2) is 91.2 Å². The highest BCUT2D eigenvalue weighted by atomic mass is 14.7. The molecule has 0 saturated carbocycles. The summed E-state index contributed by atoms with van der Waals surface area (Å²) in [6.07, 6.45) is 13.8. The Hall–Kier alpha value is -3.19. The van der Waals surface area contributed by atoms with E-state index in [1.165, 1.54) is 39.0 Å². The summed E-state index contributed by atoms with van der Waals surface area (Å²) in [4.78, 5) is 4.54. The summed E-state index contributed by atoms with van der Waals surface area (Å²) < 4.78 is 0. The summed E-state index contributed by atoms with van der Waals surface area (Å²) in [6.45, 7) is 6.46. The Morgan fingerprint density at radius 2 is 1.83 bits per heavy atom. The van der Waals surface area contributed by atoms with E-state index in [0.29, 0.717) is 5.92 Å². The van der Waals surface area contributed by atoms with Gasteiger partial charge in [0, 0.05) is 11.8 Å². The Kier molecular flexibility index (Phi) is 5.57. The molecular formula is C28H27N. The van der Waals surface area contributed by atoms with E-state index in [0.717, 1.165) is 12.1 Å². The van der Waals surface area contributed by atoms with Gasteiger partial charge in [0.25, 0.3) is 0 Å². The lowest BCUT2D eigenvalue weighted by Crippen LogP contribution is -1.95. The van der Waals surface area contributed by atoms with E-state index in [9.17, 15) is 0 Å². The molecule has 0 bridgehead atoms. The zero-order valence-corrected chi connectivity index (χ0v) is 17.4. The average Bonchev–Trinajstić information content (AvgIpc) is 3.17. The monoisotopic (exact) mass is 377 g/mol. The highest BCUT2D eigenvalue weighted by molar-refractivity contribution is 5.86. The first-order chi connectivity index (χ1) is 14.2. The van der Waals surface area contributed by atoms with E-state index in [1.54, 1.807) is 0 Å². The first-order valence-electron chi connectivity index (χ1n) is 10.3. The van der Waals surface area contributed by atoms with Gasteiger partial charge in [0.2, 0.25) is 0 Å². The van der Waals surface area contributed by atoms with Gasteiger partial charge in [-0.3, -0.25) is 4.98 Å². The number of aromatic nitrogens is 1. The molecule has 0 radical (unpaired) electrons. The molecule has 0 N–H and O–H groups in total. The standard InChI is InChI=1S/C28H27N/c1-4-5-6-9-21(3)23-12-11-22-13-14-26(27(22)19-23)24-16-20(2)17-25(18-24)28-10-7-8-15-29-28/h4-12,14-19,21H,13H2,1-3H3/b5-4-,9-6-. The summed E-state index contributed by atoms with van der Waals surface area (Å²) in [5, 5.41) is 0. The van der Waals surface area contributed by atoms with Crippen LogP contribution < -0.4 is 0 Å². The lowest BCUT2D eigenvalue weighted by Gasteiger charge is -2.13. The van der Waals surface area contributed by atoms with Gasteiger partial charge < -0.3 is 0 Å². The van der Waals surface area contributed by atoms with Crippen molar-refractivity contribution < 1.29 is 0 Å². The number of fused-ring (bicyclic) bond motifs is 1. The average molecular weight is 378 g/mol. The SMILES string of the molecule is C/C=C\C=C/C(C)c1ccc2c(c1)C(c1cc(C)cc(-c3ccccn3)c1)=CC2. The van der Waals surface area contributed by atoms with E-state index in [2.05, 4.69) is 91.7 Å². The Morgan fingerprint density at radius 1 is 0.966 bits per heavy atom. The van der Waals surface area contributed by atoms with Gasteiger partial charge in [0.15, 0.2) is 0 Å². The fourth-order valence-corrected chi connectivity index (χ4v) is 3.97. The second-order valence-electron chi connectivity index (χ2n) is 7.74. The molecule has 29 heavy (non-hydrogen) atoms. The van der Waals surface area contributed by atoms with E-state index in [-0.39, 0.29) is 0 Å². The van der Waals surface area contributed by atoms with E-state index in [4.69, 9.17) is 0 Å². The van der Waals surface area contributed by atoms with Crippen LogP contribution in [0.2, 0.25) is 0 Å². The van der Waals surface area contributed by atoms with Crippen LogP contribution in [-0.4, -0.2) is 4.98 Å². The number of nitrogens with zero attached hydrogens (tertiary/aromatic N) is 1. The van der Waals surface area contributed by atoms with Crippen molar-refractivity contribution in [3.8, 4) is 11.3 Å². The quantitative estimate of drug-likeness (QED) is 0.426. The minimum atomic E-state index is 0.389. The summed E-state index contributed by atoms with van der Waals surface area (Å²) in [6, 6.07) is 19.8. The van der Waals surface area contributed by atoms with Crippen molar-refractivity contribution in [2.24, 2.45) is 0 Å². The number of aryl methyl sites for hydroxylation is 1. The van der Waals surface area contributed by atoms with Gasteiger partial charge in [-0.05, 0) is 83.8 Å². The first kappa shape index (κ1) is 19.1. The molecular weight excluding hydrogens is 350 g/mol. The van der Waals surface area contributed by atoms with Crippen LogP contribution in [0.4, 0.5) is 0 Å². The van der Waals surface area contributed by atoms with Crippen LogP contribution >= 0.6 is 0 Å². The van der Waals surface area contributed by atoms with Crippen LogP contribution in [0, 0.1) is 6.92 Å². The van der Waals surface area contributed by atoms with Crippen molar-refractivity contribution in [1.82, 2.24) is 4.98 Å². The Balaban J connectivity index is 1.71. The van der Waals surface area contributed by atoms with Crippen LogP contribution in [0.1, 0.15) is 47.6 Å². The molecule has 1 heteroatoms. The fraction of sp³-hybridized carbons (Fsp3) is 0.179. The number of pyridine rings is 1. The number of allylic oxidation sites excluding steroid dienone is 5. The Morgan fingerprint density at radius 3 is 2.62 bits per heavy atom. The highest BCUT2D eigenvalue weighted by Crippen LogP contribution is 2.36. The maximum Gasteiger partial charge on any atom is 0.0702 e. The third-order valence-corrected chi connectivity index (χ3v) is 5.53. The molecule has 1 nitrogen and oxygen atoms in total. The van der Waals surface area contributed by atoms with E-state index in [1.807, 2.05) is 25.3 Å². The molecule has 3 aromatic rings. The second kappa shape index (κ2) is 8.45. The molecule has 1 aromatic heterocycles. The minimum absolute atomic E-state index is 0.389. The molecule has 144 valence electrons. The molecule has 2 aromatic carbocycles. The topological polar surface area (TPSA) is 12.9 Å². The molecule has 0 spiro atoms. The van der Waals surface area contributed by atoms with Crippen LogP contribution in [0.5, 0.6) is 0 Å². The van der Waals surface area contributed by atoms with Gasteiger partial charge in [-0.1, -0.05) is 67.6 Å². The Labute approximate surface area is 174 Å². The van der Waals surface area contributed by atoms with Gasteiger partial charge >= 0.3 is 0 Å². The summed E-state index contributed by atoms with van der Waals surface area (Å²) in [7, 11) is 0. The molecule has 1 unspecified atom stereocenters. The molecule has 1 aliphatic rings. The molecule has 1 heterocycles. The van der Waals surface area contributed by atoms with E-state index >= 15 is 0 Å². The summed E-state index contributed by atoms with van der Waals surface area (Å²) in [5.41, 5.74) is 10.2. The highest BCUT2D eigenvalue weighted by Gasteiger charge is 2.18. The largest absolute Gasteiger partial charge is 0.256 e. The zero-order chi connectivity index (χ0) is 20.2.